The number of hydrogen-bond acceptors (Lipinski definition) is 2. The first-order valence-corrected chi connectivity index (χ1v) is 5.27. The topological polar surface area (TPSA) is 35.8 Å². The number of para-hydroxylation sites is 1. The van der Waals surface area contributed by atoms with E-state index in [1.807, 2.05) is 12.1 Å². The van der Waals surface area contributed by atoms with E-state index in [1.54, 1.807) is 30.3 Å². The van der Waals surface area contributed by atoms with Gasteiger partial charge in [-0.3, -0.25) is 0 Å². The molecule has 0 aliphatic rings. The lowest BCUT2D eigenvalue weighted by atomic mass is 10.1. The molecule has 0 bridgehead atoms. The molecule has 0 atom stereocenters. The van der Waals surface area contributed by atoms with Crippen LogP contribution >= 0.6 is 0 Å². The minimum atomic E-state index is -0.263. The minimum absolute atomic E-state index is 0.263. The van der Waals surface area contributed by atoms with E-state index in [1.165, 1.54) is 6.07 Å². The van der Waals surface area contributed by atoms with Crippen LogP contribution in [-0.4, -0.2) is 0 Å². The Bertz CT molecular complexity index is 541. The van der Waals surface area contributed by atoms with Gasteiger partial charge >= 0.3 is 0 Å². The molecular formula is C14H11FN2. The Kier molecular flexibility index (Phi) is 3.37. The van der Waals surface area contributed by atoms with Gasteiger partial charge in [0, 0.05) is 6.54 Å². The van der Waals surface area contributed by atoms with Crippen molar-refractivity contribution in [1.82, 2.24) is 0 Å². The molecule has 2 aromatic carbocycles. The van der Waals surface area contributed by atoms with E-state index < -0.39 is 0 Å². The number of halogens is 1. The van der Waals surface area contributed by atoms with Crippen molar-refractivity contribution in [2.45, 2.75) is 6.54 Å². The Morgan fingerprint density at radius 1 is 1.06 bits per heavy atom. The van der Waals surface area contributed by atoms with Gasteiger partial charge in [0.2, 0.25) is 0 Å². The van der Waals surface area contributed by atoms with Crippen LogP contribution in [0.2, 0.25) is 0 Å². The lowest BCUT2D eigenvalue weighted by molar-refractivity contribution is 0.630. The molecule has 0 heterocycles. The SMILES string of the molecule is N#Cc1ccc(CNc2ccccc2F)cc1. The van der Waals surface area contributed by atoms with Gasteiger partial charge in [0.1, 0.15) is 5.82 Å². The number of nitriles is 1. The Morgan fingerprint density at radius 3 is 2.41 bits per heavy atom. The summed E-state index contributed by atoms with van der Waals surface area (Å²) in [5.74, 6) is -0.263. The van der Waals surface area contributed by atoms with Crippen LogP contribution < -0.4 is 5.32 Å². The van der Waals surface area contributed by atoms with Crippen molar-refractivity contribution >= 4 is 5.69 Å². The summed E-state index contributed by atoms with van der Waals surface area (Å²) in [6, 6.07) is 15.8. The smallest absolute Gasteiger partial charge is 0.146 e. The van der Waals surface area contributed by atoms with Crippen molar-refractivity contribution in [3.05, 3.63) is 65.5 Å². The van der Waals surface area contributed by atoms with Gasteiger partial charge in [-0.2, -0.15) is 5.26 Å². The van der Waals surface area contributed by atoms with E-state index in [4.69, 9.17) is 5.26 Å². The summed E-state index contributed by atoms with van der Waals surface area (Å²) >= 11 is 0. The molecule has 2 rings (SSSR count). The maximum atomic E-state index is 13.3. The maximum Gasteiger partial charge on any atom is 0.146 e. The highest BCUT2D eigenvalue weighted by atomic mass is 19.1. The van der Waals surface area contributed by atoms with Gasteiger partial charge in [0.05, 0.1) is 17.3 Å². The number of benzene rings is 2. The fourth-order valence-electron chi connectivity index (χ4n) is 1.50. The van der Waals surface area contributed by atoms with Gasteiger partial charge in [-0.1, -0.05) is 24.3 Å². The van der Waals surface area contributed by atoms with E-state index >= 15 is 0 Å². The molecule has 0 saturated carbocycles. The standard InChI is InChI=1S/C14H11FN2/c15-13-3-1-2-4-14(13)17-10-12-7-5-11(9-16)6-8-12/h1-8,17H,10H2. The van der Waals surface area contributed by atoms with Gasteiger partial charge in [-0.15, -0.1) is 0 Å². The second-order valence-corrected chi connectivity index (χ2v) is 3.64. The molecule has 3 heteroatoms. The normalized spacial score (nSPS) is 9.65. The average molecular weight is 226 g/mol. The van der Waals surface area contributed by atoms with Crippen molar-refractivity contribution in [1.29, 1.82) is 5.26 Å². The van der Waals surface area contributed by atoms with Gasteiger partial charge in [-0.25, -0.2) is 4.39 Å². The van der Waals surface area contributed by atoms with Crippen molar-refractivity contribution < 1.29 is 4.39 Å². The quantitative estimate of drug-likeness (QED) is 0.871. The van der Waals surface area contributed by atoms with Crippen LogP contribution in [0, 0.1) is 17.1 Å². The minimum Gasteiger partial charge on any atom is -0.379 e. The molecule has 2 aromatic rings. The fraction of sp³-hybridized carbons (Fsp3) is 0.0714. The molecule has 84 valence electrons. The Labute approximate surface area is 99.3 Å². The third-order valence-corrected chi connectivity index (χ3v) is 2.44. The zero-order valence-corrected chi connectivity index (χ0v) is 9.15. The molecule has 1 N–H and O–H groups in total. The zero-order chi connectivity index (χ0) is 12.1. The van der Waals surface area contributed by atoms with Crippen LogP contribution in [0.4, 0.5) is 10.1 Å². The van der Waals surface area contributed by atoms with Crippen molar-refractivity contribution in [2.75, 3.05) is 5.32 Å². The lowest BCUT2D eigenvalue weighted by Crippen LogP contribution is -2.01. The number of rotatable bonds is 3. The van der Waals surface area contributed by atoms with E-state index in [0.717, 1.165) is 5.56 Å². The van der Waals surface area contributed by atoms with Crippen molar-refractivity contribution in [2.24, 2.45) is 0 Å². The molecule has 0 unspecified atom stereocenters. The zero-order valence-electron chi connectivity index (χ0n) is 9.15. The summed E-state index contributed by atoms with van der Waals surface area (Å²) < 4.78 is 13.3. The number of anilines is 1. The highest BCUT2D eigenvalue weighted by molar-refractivity contribution is 5.45. The predicted octanol–water partition coefficient (Wildman–Crippen LogP) is 3.31. The third kappa shape index (κ3) is 2.82. The first-order chi connectivity index (χ1) is 8.29. The highest BCUT2D eigenvalue weighted by Crippen LogP contribution is 2.14. The summed E-state index contributed by atoms with van der Waals surface area (Å²) in [5.41, 5.74) is 2.11. The monoisotopic (exact) mass is 226 g/mol. The Hall–Kier alpha value is -2.34. The summed E-state index contributed by atoms with van der Waals surface area (Å²) in [4.78, 5) is 0. The molecule has 0 spiro atoms. The molecule has 17 heavy (non-hydrogen) atoms. The van der Waals surface area contributed by atoms with E-state index in [-0.39, 0.29) is 5.82 Å². The molecule has 0 aromatic heterocycles. The van der Waals surface area contributed by atoms with Crippen LogP contribution in [0.3, 0.4) is 0 Å². The van der Waals surface area contributed by atoms with Gasteiger partial charge in [0.15, 0.2) is 0 Å². The first kappa shape index (κ1) is 11.2. The van der Waals surface area contributed by atoms with Crippen LogP contribution in [0.1, 0.15) is 11.1 Å². The van der Waals surface area contributed by atoms with Crippen LogP contribution in [-0.2, 0) is 6.54 Å². The first-order valence-electron chi connectivity index (χ1n) is 5.27. The second kappa shape index (κ2) is 5.13. The molecule has 0 radical (unpaired) electrons. The van der Waals surface area contributed by atoms with Crippen LogP contribution in [0.15, 0.2) is 48.5 Å². The number of hydrogen-bond donors (Lipinski definition) is 1. The summed E-state index contributed by atoms with van der Waals surface area (Å²) in [6.07, 6.45) is 0. The lowest BCUT2D eigenvalue weighted by Gasteiger charge is -2.07. The van der Waals surface area contributed by atoms with Crippen LogP contribution in [0.5, 0.6) is 0 Å². The largest absolute Gasteiger partial charge is 0.379 e. The predicted molar refractivity (Wildman–Crippen MR) is 64.9 cm³/mol. The Morgan fingerprint density at radius 2 is 1.76 bits per heavy atom. The van der Waals surface area contributed by atoms with E-state index in [9.17, 15) is 4.39 Å². The molecule has 0 aliphatic carbocycles. The highest BCUT2D eigenvalue weighted by Gasteiger charge is 1.99. The molecule has 0 fully saturated rings. The number of nitrogens with one attached hydrogen (secondary N) is 1. The summed E-state index contributed by atoms with van der Waals surface area (Å²) in [7, 11) is 0. The number of nitrogens with zero attached hydrogens (tertiary/aromatic N) is 1. The van der Waals surface area contributed by atoms with Crippen molar-refractivity contribution in [3.8, 4) is 6.07 Å². The molecule has 2 nitrogen and oxygen atoms in total. The van der Waals surface area contributed by atoms with Crippen LogP contribution in [0.25, 0.3) is 0 Å². The van der Waals surface area contributed by atoms with E-state index in [0.29, 0.717) is 17.8 Å². The van der Waals surface area contributed by atoms with Gasteiger partial charge in [0.25, 0.3) is 0 Å². The van der Waals surface area contributed by atoms with Gasteiger partial charge in [-0.05, 0) is 29.8 Å². The van der Waals surface area contributed by atoms with Gasteiger partial charge < -0.3 is 5.32 Å². The molecule has 0 saturated heterocycles. The third-order valence-electron chi connectivity index (χ3n) is 2.44. The Balaban J connectivity index is 2.03. The fourth-order valence-corrected chi connectivity index (χ4v) is 1.50. The van der Waals surface area contributed by atoms with Crippen molar-refractivity contribution in [3.63, 3.8) is 0 Å². The second-order valence-electron chi connectivity index (χ2n) is 3.64. The maximum absolute atomic E-state index is 13.3. The van der Waals surface area contributed by atoms with E-state index in [2.05, 4.69) is 11.4 Å². The molecule has 0 amide bonds. The summed E-state index contributed by atoms with van der Waals surface area (Å²) in [6.45, 7) is 0.534. The molecular weight excluding hydrogens is 215 g/mol. The molecule has 0 aliphatic heterocycles. The average Bonchev–Trinajstić information content (AvgIpc) is 2.38. The summed E-state index contributed by atoms with van der Waals surface area (Å²) in [5, 5.41) is 11.7.